The van der Waals surface area contributed by atoms with Gasteiger partial charge in [0.05, 0.1) is 11.3 Å². The summed E-state index contributed by atoms with van der Waals surface area (Å²) in [5, 5.41) is 0. The lowest BCUT2D eigenvalue weighted by atomic mass is 10.2. The summed E-state index contributed by atoms with van der Waals surface area (Å²) >= 11 is 0. The minimum atomic E-state index is 0.527. The van der Waals surface area contributed by atoms with E-state index < -0.39 is 0 Å². The van der Waals surface area contributed by atoms with Gasteiger partial charge in [-0.3, -0.25) is 0 Å². The minimum Gasteiger partial charge on any atom is -0.230 e. The third kappa shape index (κ3) is 2.05. The molecule has 0 heterocycles. The number of hydrogen-bond acceptors (Lipinski definition) is 2. The smallest absolute Gasteiger partial charge is 0.230 e. The van der Waals surface area contributed by atoms with Crippen molar-refractivity contribution in [3.8, 4) is 0 Å². The zero-order valence-corrected chi connectivity index (χ0v) is 7.28. The van der Waals surface area contributed by atoms with Gasteiger partial charge in [-0.2, -0.15) is 0 Å². The van der Waals surface area contributed by atoms with Crippen molar-refractivity contribution < 1.29 is 9.76 Å². The van der Waals surface area contributed by atoms with Crippen molar-refractivity contribution in [3.05, 3.63) is 40.5 Å². The van der Waals surface area contributed by atoms with Crippen LogP contribution in [0.2, 0.25) is 0 Å². The molecular weight excluding hydrogens is 154 g/mol. The summed E-state index contributed by atoms with van der Waals surface area (Å²) in [6.07, 6.45) is 8.16. The van der Waals surface area contributed by atoms with Gasteiger partial charge in [0.25, 0.3) is 10.6 Å². The first-order valence-electron chi connectivity index (χ1n) is 3.79. The third-order valence-electron chi connectivity index (χ3n) is 1.68. The predicted octanol–water partition coefficient (Wildman–Crippen LogP) is 2.12. The summed E-state index contributed by atoms with van der Waals surface area (Å²) < 4.78 is 0. The quantitative estimate of drug-likeness (QED) is 0.588. The fraction of sp³-hybridized carbons (Fsp3) is 0.333. The highest BCUT2D eigenvalue weighted by Gasteiger charge is 2.17. The standard InChI is InChI=1S/C9H12NO2/c1-8-4-3-5-9(7-6-8)10(11)12-2/h3-6H,7H2,1-2H3/q+1. The highest BCUT2D eigenvalue weighted by Crippen LogP contribution is 2.11. The van der Waals surface area contributed by atoms with Gasteiger partial charge >= 0.3 is 0 Å². The molecule has 1 aliphatic carbocycles. The molecular formula is C9H12NO2+. The summed E-state index contributed by atoms with van der Waals surface area (Å²) in [6, 6.07) is 0. The van der Waals surface area contributed by atoms with Crippen LogP contribution >= 0.6 is 0 Å². The fourth-order valence-corrected chi connectivity index (χ4v) is 0.965. The second kappa shape index (κ2) is 3.85. The molecule has 1 rings (SSSR count). The molecule has 0 aromatic carbocycles. The van der Waals surface area contributed by atoms with Crippen LogP contribution in [-0.2, 0) is 4.84 Å². The first kappa shape index (κ1) is 8.71. The summed E-state index contributed by atoms with van der Waals surface area (Å²) in [4.78, 5) is 16.0. The van der Waals surface area contributed by atoms with Gasteiger partial charge < -0.3 is 0 Å². The Bertz CT molecular complexity index is 271. The Kier molecular flexibility index (Phi) is 2.80. The van der Waals surface area contributed by atoms with E-state index in [1.807, 2.05) is 25.2 Å². The topological polar surface area (TPSA) is 29.3 Å². The van der Waals surface area contributed by atoms with Gasteiger partial charge in [-0.1, -0.05) is 23.8 Å². The molecule has 0 atom stereocenters. The van der Waals surface area contributed by atoms with Crippen LogP contribution in [0.4, 0.5) is 0 Å². The van der Waals surface area contributed by atoms with Crippen LogP contribution in [0, 0.1) is 4.91 Å². The van der Waals surface area contributed by atoms with Gasteiger partial charge in [0.2, 0.25) is 0 Å². The highest BCUT2D eigenvalue weighted by atomic mass is 16.8. The largest absolute Gasteiger partial charge is 0.297 e. The highest BCUT2D eigenvalue weighted by molar-refractivity contribution is 5.26. The number of rotatable bonds is 2. The molecule has 0 aromatic rings. The molecule has 1 aliphatic rings. The summed E-state index contributed by atoms with van der Waals surface area (Å²) in [5.74, 6) is 0. The van der Waals surface area contributed by atoms with Crippen LogP contribution < -0.4 is 0 Å². The second-order valence-electron chi connectivity index (χ2n) is 2.61. The Balaban J connectivity index is 2.76. The minimum absolute atomic E-state index is 0.527. The van der Waals surface area contributed by atoms with E-state index in [-0.39, 0.29) is 0 Å². The lowest BCUT2D eigenvalue weighted by molar-refractivity contribution is -0.762. The van der Waals surface area contributed by atoms with Crippen LogP contribution in [0.3, 0.4) is 0 Å². The monoisotopic (exact) mass is 166 g/mol. The lowest BCUT2D eigenvalue weighted by Gasteiger charge is -1.88. The fourth-order valence-electron chi connectivity index (χ4n) is 0.965. The van der Waals surface area contributed by atoms with Gasteiger partial charge in [0.1, 0.15) is 0 Å². The molecule has 12 heavy (non-hydrogen) atoms. The normalized spacial score (nSPS) is 16.2. The van der Waals surface area contributed by atoms with E-state index in [0.717, 1.165) is 5.57 Å². The molecule has 0 aliphatic heterocycles. The SMILES string of the molecule is CO[N+](=O)C1=CC=CC(C)=CC1. The first-order valence-corrected chi connectivity index (χ1v) is 3.79. The molecule has 0 bridgehead atoms. The number of nitrogens with zero attached hydrogens (tertiary/aromatic N) is 1. The van der Waals surface area contributed by atoms with E-state index in [9.17, 15) is 4.91 Å². The summed E-state index contributed by atoms with van der Waals surface area (Å²) in [5.41, 5.74) is 1.77. The maximum atomic E-state index is 11.0. The number of hydrogen-bond donors (Lipinski definition) is 0. The summed E-state index contributed by atoms with van der Waals surface area (Å²) in [7, 11) is 1.36. The van der Waals surface area contributed by atoms with Crippen LogP contribution in [0.1, 0.15) is 13.3 Å². The van der Waals surface area contributed by atoms with E-state index in [1.165, 1.54) is 7.11 Å². The van der Waals surface area contributed by atoms with E-state index in [0.29, 0.717) is 17.0 Å². The van der Waals surface area contributed by atoms with Crippen molar-refractivity contribution in [3.63, 3.8) is 0 Å². The van der Waals surface area contributed by atoms with Gasteiger partial charge in [-0.25, -0.2) is 4.84 Å². The average Bonchev–Trinajstić information content (AvgIpc) is 2.29. The van der Waals surface area contributed by atoms with Crippen LogP contribution in [-0.4, -0.2) is 12.0 Å². The molecule has 64 valence electrons. The lowest BCUT2D eigenvalue weighted by Crippen LogP contribution is -2.04. The predicted molar refractivity (Wildman–Crippen MR) is 46.2 cm³/mol. The van der Waals surface area contributed by atoms with Gasteiger partial charge in [-0.05, 0) is 6.92 Å². The zero-order chi connectivity index (χ0) is 8.97. The average molecular weight is 166 g/mol. The zero-order valence-electron chi connectivity index (χ0n) is 7.28. The Morgan fingerprint density at radius 1 is 1.58 bits per heavy atom. The Morgan fingerprint density at radius 3 is 3.00 bits per heavy atom. The van der Waals surface area contributed by atoms with E-state index in [1.54, 1.807) is 6.08 Å². The van der Waals surface area contributed by atoms with Gasteiger partial charge in [0.15, 0.2) is 7.11 Å². The molecule has 0 N–H and O–H groups in total. The maximum absolute atomic E-state index is 11.0. The van der Waals surface area contributed by atoms with Crippen molar-refractivity contribution in [2.75, 3.05) is 7.11 Å². The Hall–Kier alpha value is -1.38. The Labute approximate surface area is 71.6 Å². The van der Waals surface area contributed by atoms with Crippen molar-refractivity contribution in [1.82, 2.24) is 0 Å². The molecule has 0 unspecified atom stereocenters. The second-order valence-corrected chi connectivity index (χ2v) is 2.61. The van der Waals surface area contributed by atoms with Crippen molar-refractivity contribution in [1.29, 1.82) is 0 Å². The third-order valence-corrected chi connectivity index (χ3v) is 1.68. The van der Waals surface area contributed by atoms with Crippen LogP contribution in [0.15, 0.2) is 35.6 Å². The van der Waals surface area contributed by atoms with Crippen molar-refractivity contribution in [2.24, 2.45) is 0 Å². The molecule has 0 saturated heterocycles. The van der Waals surface area contributed by atoms with E-state index in [4.69, 9.17) is 0 Å². The van der Waals surface area contributed by atoms with Gasteiger partial charge in [0, 0.05) is 6.08 Å². The number of allylic oxidation sites excluding steroid dienone is 5. The van der Waals surface area contributed by atoms with Crippen LogP contribution in [0.5, 0.6) is 0 Å². The summed E-state index contributed by atoms with van der Waals surface area (Å²) in [6.45, 7) is 2.00. The Morgan fingerprint density at radius 2 is 2.33 bits per heavy atom. The van der Waals surface area contributed by atoms with Crippen molar-refractivity contribution in [2.45, 2.75) is 13.3 Å². The molecule has 0 spiro atoms. The van der Waals surface area contributed by atoms with E-state index >= 15 is 0 Å². The molecule has 0 radical (unpaired) electrons. The molecule has 0 fully saturated rings. The molecule has 3 heteroatoms. The molecule has 0 amide bonds. The first-order chi connectivity index (χ1) is 5.74. The van der Waals surface area contributed by atoms with Gasteiger partial charge in [-0.15, -0.1) is 0 Å². The maximum Gasteiger partial charge on any atom is 0.297 e. The molecule has 0 saturated carbocycles. The molecule has 3 nitrogen and oxygen atoms in total. The van der Waals surface area contributed by atoms with Crippen molar-refractivity contribution >= 4 is 0 Å². The van der Waals surface area contributed by atoms with Crippen LogP contribution in [0.25, 0.3) is 0 Å². The van der Waals surface area contributed by atoms with E-state index in [2.05, 4.69) is 4.84 Å². The molecule has 0 aromatic heterocycles.